The van der Waals surface area contributed by atoms with Crippen molar-refractivity contribution in [3.63, 3.8) is 0 Å². The first-order valence-corrected chi connectivity index (χ1v) is 9.37. The number of fused-ring (bicyclic) bond motifs is 1. The molecule has 4 rings (SSSR count). The predicted molar refractivity (Wildman–Crippen MR) is 93.3 cm³/mol. The third-order valence-electron chi connectivity index (χ3n) is 4.84. The summed E-state index contributed by atoms with van der Waals surface area (Å²) in [6, 6.07) is 0. The van der Waals surface area contributed by atoms with Crippen LogP contribution in [-0.4, -0.2) is 56.8 Å². The molecule has 0 amide bonds. The Hall–Kier alpha value is -1.51. The molecule has 130 valence electrons. The maximum atomic E-state index is 5.65. The molecule has 2 aromatic rings. The lowest BCUT2D eigenvalue weighted by Gasteiger charge is -2.22. The van der Waals surface area contributed by atoms with Gasteiger partial charge in [0.05, 0.1) is 24.6 Å². The highest BCUT2D eigenvalue weighted by atomic mass is 32.1. The maximum Gasteiger partial charge on any atom is 0.205 e. The molecule has 0 N–H and O–H groups in total. The highest BCUT2D eigenvalue weighted by molar-refractivity contribution is 7.09. The van der Waals surface area contributed by atoms with Gasteiger partial charge < -0.3 is 9.64 Å². The highest BCUT2D eigenvalue weighted by Gasteiger charge is 2.23. The van der Waals surface area contributed by atoms with Crippen LogP contribution < -0.4 is 4.90 Å². The first kappa shape index (κ1) is 16.0. The molecule has 4 heterocycles. The normalized spacial score (nSPS) is 19.3. The minimum Gasteiger partial charge on any atom is -0.376 e. The number of rotatable bonds is 3. The van der Waals surface area contributed by atoms with E-state index in [4.69, 9.17) is 4.74 Å². The monoisotopic (exact) mass is 348 g/mol. The van der Waals surface area contributed by atoms with Crippen molar-refractivity contribution in [3.05, 3.63) is 22.8 Å². The Bertz CT molecular complexity index is 711. The van der Waals surface area contributed by atoms with E-state index in [2.05, 4.69) is 36.0 Å². The summed E-state index contributed by atoms with van der Waals surface area (Å²) >= 11 is 1.51. The van der Waals surface area contributed by atoms with Crippen LogP contribution in [0.1, 0.15) is 29.2 Å². The number of nitrogens with zero attached hydrogens (tertiary/aromatic N) is 6. The van der Waals surface area contributed by atoms with Crippen LogP contribution in [0.3, 0.4) is 0 Å². The molecule has 1 fully saturated rings. The van der Waals surface area contributed by atoms with E-state index < -0.39 is 0 Å². The molecule has 2 aliphatic rings. The average molecular weight is 348 g/mol. The van der Waals surface area contributed by atoms with Crippen molar-refractivity contribution in [2.24, 2.45) is 7.05 Å². The van der Waals surface area contributed by atoms with Gasteiger partial charge in [-0.3, -0.25) is 9.58 Å². The molecule has 2 aromatic heterocycles. The van der Waals surface area contributed by atoms with Gasteiger partial charge in [-0.15, -0.1) is 0 Å². The number of aryl methyl sites for hydroxylation is 2. The van der Waals surface area contributed by atoms with E-state index in [0.29, 0.717) is 6.61 Å². The van der Waals surface area contributed by atoms with Gasteiger partial charge in [-0.2, -0.15) is 9.47 Å². The van der Waals surface area contributed by atoms with Crippen LogP contribution in [0.25, 0.3) is 0 Å². The van der Waals surface area contributed by atoms with Crippen molar-refractivity contribution in [3.8, 4) is 0 Å². The number of ether oxygens (including phenoxy) is 1. The van der Waals surface area contributed by atoms with Gasteiger partial charge in [-0.05, 0) is 13.3 Å². The summed E-state index contributed by atoms with van der Waals surface area (Å²) in [7, 11) is 2.06. The van der Waals surface area contributed by atoms with E-state index in [-0.39, 0.29) is 0 Å². The number of hydrogen-bond acceptors (Lipinski definition) is 7. The second-order valence-electron chi connectivity index (χ2n) is 6.54. The zero-order valence-electron chi connectivity index (χ0n) is 14.4. The largest absolute Gasteiger partial charge is 0.376 e. The summed E-state index contributed by atoms with van der Waals surface area (Å²) in [4.78, 5) is 9.43. The molecule has 0 unspecified atom stereocenters. The van der Waals surface area contributed by atoms with Gasteiger partial charge in [-0.1, -0.05) is 0 Å². The van der Waals surface area contributed by atoms with Gasteiger partial charge in [0.1, 0.15) is 5.82 Å². The fraction of sp³-hybridized carbons (Fsp3) is 0.688. The molecule has 0 spiro atoms. The van der Waals surface area contributed by atoms with Gasteiger partial charge in [-0.25, -0.2) is 4.98 Å². The molecule has 0 atom stereocenters. The summed E-state index contributed by atoms with van der Waals surface area (Å²) in [5, 5.41) is 5.74. The van der Waals surface area contributed by atoms with Gasteiger partial charge in [0.15, 0.2) is 0 Å². The lowest BCUT2D eigenvalue weighted by atomic mass is 10.1. The van der Waals surface area contributed by atoms with E-state index in [1.807, 2.05) is 6.92 Å². The van der Waals surface area contributed by atoms with Crippen LogP contribution in [-0.2, 0) is 31.4 Å². The van der Waals surface area contributed by atoms with E-state index in [9.17, 15) is 0 Å². The quantitative estimate of drug-likeness (QED) is 0.835. The van der Waals surface area contributed by atoms with Gasteiger partial charge >= 0.3 is 0 Å². The van der Waals surface area contributed by atoms with Crippen molar-refractivity contribution in [1.82, 2.24) is 24.0 Å². The molecule has 0 saturated carbocycles. The predicted octanol–water partition coefficient (Wildman–Crippen LogP) is 1.37. The van der Waals surface area contributed by atoms with Crippen molar-refractivity contribution in [2.75, 3.05) is 37.7 Å². The van der Waals surface area contributed by atoms with E-state index in [0.717, 1.165) is 63.1 Å². The fourth-order valence-corrected chi connectivity index (χ4v) is 4.24. The first-order valence-electron chi connectivity index (χ1n) is 8.59. The van der Waals surface area contributed by atoms with Gasteiger partial charge in [0.25, 0.3) is 0 Å². The summed E-state index contributed by atoms with van der Waals surface area (Å²) in [6.07, 6.45) is 2.09. The molecule has 0 aromatic carbocycles. The third kappa shape index (κ3) is 3.18. The lowest BCUT2D eigenvalue weighted by molar-refractivity contribution is 0.109. The molecular formula is C16H24N6OS. The standard InChI is InChI=1S/C16H24N6OS/c1-12-17-16(24-19-12)22-6-3-5-21(7-8-22)10-15-13-11-23-9-4-14(13)18-20(15)2/h3-11H2,1-2H3. The molecule has 0 radical (unpaired) electrons. The third-order valence-corrected chi connectivity index (χ3v) is 5.71. The Labute approximate surface area is 146 Å². The summed E-state index contributed by atoms with van der Waals surface area (Å²) in [5.74, 6) is 0.873. The average Bonchev–Trinajstić information content (AvgIpc) is 3.04. The molecular weight excluding hydrogens is 324 g/mol. The van der Waals surface area contributed by atoms with E-state index in [1.54, 1.807) is 0 Å². The molecule has 7 nitrogen and oxygen atoms in total. The Kier molecular flexibility index (Phi) is 4.51. The fourth-order valence-electron chi connectivity index (χ4n) is 3.52. The van der Waals surface area contributed by atoms with Gasteiger partial charge in [0, 0.05) is 63.3 Å². The minimum atomic E-state index is 0.711. The first-order chi connectivity index (χ1) is 11.7. The topological polar surface area (TPSA) is 59.3 Å². The Morgan fingerprint density at radius 3 is 2.96 bits per heavy atom. The number of hydrogen-bond donors (Lipinski definition) is 0. The van der Waals surface area contributed by atoms with Crippen LogP contribution in [0.5, 0.6) is 0 Å². The zero-order valence-corrected chi connectivity index (χ0v) is 15.2. The molecule has 0 aliphatic carbocycles. The SMILES string of the molecule is Cc1nsc(N2CCCN(Cc3c4c(nn3C)CCOC4)CC2)n1. The van der Waals surface area contributed by atoms with Crippen molar-refractivity contribution in [2.45, 2.75) is 32.9 Å². The molecule has 2 aliphatic heterocycles. The van der Waals surface area contributed by atoms with Crippen LogP contribution in [0, 0.1) is 6.92 Å². The van der Waals surface area contributed by atoms with Crippen LogP contribution in [0.4, 0.5) is 5.13 Å². The van der Waals surface area contributed by atoms with Crippen LogP contribution >= 0.6 is 11.5 Å². The molecule has 8 heteroatoms. The molecule has 24 heavy (non-hydrogen) atoms. The van der Waals surface area contributed by atoms with E-state index in [1.165, 1.54) is 28.5 Å². The van der Waals surface area contributed by atoms with Crippen molar-refractivity contribution >= 4 is 16.7 Å². The smallest absolute Gasteiger partial charge is 0.205 e. The molecule has 1 saturated heterocycles. The number of aromatic nitrogens is 4. The Morgan fingerprint density at radius 1 is 1.21 bits per heavy atom. The Morgan fingerprint density at radius 2 is 2.12 bits per heavy atom. The summed E-state index contributed by atoms with van der Waals surface area (Å²) < 4.78 is 12.0. The number of anilines is 1. The van der Waals surface area contributed by atoms with Crippen LogP contribution in [0.2, 0.25) is 0 Å². The van der Waals surface area contributed by atoms with Gasteiger partial charge in [0.2, 0.25) is 5.13 Å². The summed E-state index contributed by atoms with van der Waals surface area (Å²) in [6.45, 7) is 8.62. The van der Waals surface area contributed by atoms with Crippen molar-refractivity contribution < 1.29 is 4.74 Å². The minimum absolute atomic E-state index is 0.711. The second-order valence-corrected chi connectivity index (χ2v) is 7.27. The lowest BCUT2D eigenvalue weighted by Crippen LogP contribution is -2.31. The second kappa shape index (κ2) is 6.78. The van der Waals surface area contributed by atoms with Crippen LogP contribution in [0.15, 0.2) is 0 Å². The zero-order chi connectivity index (χ0) is 16.5. The maximum absolute atomic E-state index is 5.65. The highest BCUT2D eigenvalue weighted by Crippen LogP contribution is 2.23. The Balaban J connectivity index is 1.44. The summed E-state index contributed by atoms with van der Waals surface area (Å²) in [5.41, 5.74) is 3.84. The van der Waals surface area contributed by atoms with Crippen molar-refractivity contribution in [1.29, 1.82) is 0 Å². The molecule has 0 bridgehead atoms. The van der Waals surface area contributed by atoms with E-state index >= 15 is 0 Å².